The van der Waals surface area contributed by atoms with Crippen LogP contribution in [-0.4, -0.2) is 36.4 Å². The van der Waals surface area contributed by atoms with Gasteiger partial charge in [-0.2, -0.15) is 0 Å². The van der Waals surface area contributed by atoms with Crippen LogP contribution in [0.25, 0.3) is 0 Å². The van der Waals surface area contributed by atoms with Crippen molar-refractivity contribution in [2.24, 2.45) is 5.92 Å². The van der Waals surface area contributed by atoms with Gasteiger partial charge in [-0.3, -0.25) is 0 Å². The Bertz CT molecular complexity index is 611. The Morgan fingerprint density at radius 1 is 1.42 bits per heavy atom. The highest BCUT2D eigenvalue weighted by atomic mass is 16.6. The maximum absolute atomic E-state index is 11.8. The van der Waals surface area contributed by atoms with Crippen molar-refractivity contribution < 1.29 is 24.2 Å². The Morgan fingerprint density at radius 2 is 2.17 bits per heavy atom. The minimum Gasteiger partial charge on any atom is -0.458 e. The summed E-state index contributed by atoms with van der Waals surface area (Å²) in [6.07, 6.45) is 6.30. The highest BCUT2D eigenvalue weighted by Gasteiger charge is 2.37. The number of esters is 2. The predicted octanol–water partition coefficient (Wildman–Crippen LogP) is 2.62. The van der Waals surface area contributed by atoms with Gasteiger partial charge in [0.25, 0.3) is 0 Å². The number of aliphatic hydroxyl groups excluding tert-OH is 1. The first kappa shape index (κ1) is 18.2. The van der Waals surface area contributed by atoms with Crippen LogP contribution in [0, 0.1) is 5.92 Å². The molecule has 24 heavy (non-hydrogen) atoms. The zero-order valence-electron chi connectivity index (χ0n) is 14.0. The molecule has 2 atom stereocenters. The summed E-state index contributed by atoms with van der Waals surface area (Å²) in [6.45, 7) is 9.16. The number of carbonyl (C=O) groups is 2. The summed E-state index contributed by atoms with van der Waals surface area (Å²) < 4.78 is 10.6. The van der Waals surface area contributed by atoms with Gasteiger partial charge in [0.15, 0.2) is 0 Å². The van der Waals surface area contributed by atoms with Crippen molar-refractivity contribution in [3.05, 3.63) is 47.6 Å². The zero-order chi connectivity index (χ0) is 17.7. The van der Waals surface area contributed by atoms with Gasteiger partial charge in [0.05, 0.1) is 6.61 Å². The summed E-state index contributed by atoms with van der Waals surface area (Å²) in [6, 6.07) is 0. The van der Waals surface area contributed by atoms with Crippen molar-refractivity contribution >= 4 is 11.9 Å². The minimum absolute atomic E-state index is 0.0684. The van der Waals surface area contributed by atoms with E-state index in [1.165, 1.54) is 0 Å². The van der Waals surface area contributed by atoms with Crippen LogP contribution in [-0.2, 0) is 19.1 Å². The van der Waals surface area contributed by atoms with Crippen LogP contribution in [0.15, 0.2) is 47.6 Å². The standard InChI is InChI=1S/C19H24O5/c1-12(2)18(21)23-11-14-5-4-6-15(10-20)9-17-16(8-7-14)13(3)19(22)24-17/h5,9,16-17,20H,1,3-4,6-8,10-11H2,2H3. The van der Waals surface area contributed by atoms with E-state index in [4.69, 9.17) is 9.47 Å². The van der Waals surface area contributed by atoms with Gasteiger partial charge in [0.2, 0.25) is 0 Å². The number of aliphatic hydroxyl groups is 1. The third-order valence-corrected chi connectivity index (χ3v) is 4.36. The average molecular weight is 332 g/mol. The van der Waals surface area contributed by atoms with Crippen LogP contribution in [0.2, 0.25) is 0 Å². The van der Waals surface area contributed by atoms with Crippen molar-refractivity contribution in [3.8, 4) is 0 Å². The molecule has 130 valence electrons. The molecule has 1 N–H and O–H groups in total. The molecule has 0 radical (unpaired) electrons. The molecule has 2 rings (SSSR count). The summed E-state index contributed by atoms with van der Waals surface area (Å²) in [7, 11) is 0. The van der Waals surface area contributed by atoms with Gasteiger partial charge < -0.3 is 14.6 Å². The fraction of sp³-hybridized carbons (Fsp3) is 0.474. The Hall–Kier alpha value is -2.14. The van der Waals surface area contributed by atoms with E-state index in [9.17, 15) is 14.7 Å². The van der Waals surface area contributed by atoms with Crippen LogP contribution in [0.5, 0.6) is 0 Å². The summed E-state index contributed by atoms with van der Waals surface area (Å²) in [5, 5.41) is 9.49. The van der Waals surface area contributed by atoms with Crippen LogP contribution >= 0.6 is 0 Å². The quantitative estimate of drug-likeness (QED) is 0.487. The van der Waals surface area contributed by atoms with E-state index in [0.29, 0.717) is 30.4 Å². The average Bonchev–Trinajstić information content (AvgIpc) is 2.82. The maximum Gasteiger partial charge on any atom is 0.334 e. The minimum atomic E-state index is -0.411. The van der Waals surface area contributed by atoms with Crippen molar-refractivity contribution in [1.29, 1.82) is 0 Å². The lowest BCUT2D eigenvalue weighted by molar-refractivity contribution is -0.138. The van der Waals surface area contributed by atoms with E-state index in [-0.39, 0.29) is 31.2 Å². The normalized spacial score (nSPS) is 24.4. The molecule has 5 heteroatoms. The molecule has 0 spiro atoms. The van der Waals surface area contributed by atoms with Gasteiger partial charge in [0, 0.05) is 17.1 Å². The highest BCUT2D eigenvalue weighted by Crippen LogP contribution is 2.34. The number of carbonyl (C=O) groups excluding carboxylic acids is 2. The molecule has 1 aliphatic carbocycles. The largest absolute Gasteiger partial charge is 0.458 e. The molecule has 5 nitrogen and oxygen atoms in total. The summed E-state index contributed by atoms with van der Waals surface area (Å²) in [4.78, 5) is 23.4. The van der Waals surface area contributed by atoms with Gasteiger partial charge in [-0.15, -0.1) is 0 Å². The number of rotatable bonds is 4. The number of hydrogen-bond donors (Lipinski definition) is 1. The topological polar surface area (TPSA) is 72.8 Å². The molecule has 0 bridgehead atoms. The molecule has 0 saturated carbocycles. The van der Waals surface area contributed by atoms with E-state index in [1.807, 2.05) is 12.2 Å². The van der Waals surface area contributed by atoms with Crippen molar-refractivity contribution in [1.82, 2.24) is 0 Å². The lowest BCUT2D eigenvalue weighted by Crippen LogP contribution is -2.17. The smallest absolute Gasteiger partial charge is 0.334 e. The van der Waals surface area contributed by atoms with Crippen LogP contribution in [0.1, 0.15) is 32.6 Å². The van der Waals surface area contributed by atoms with Crippen LogP contribution in [0.3, 0.4) is 0 Å². The first-order valence-corrected chi connectivity index (χ1v) is 8.13. The molecule has 1 aliphatic heterocycles. The molecule has 0 aromatic heterocycles. The van der Waals surface area contributed by atoms with E-state index in [2.05, 4.69) is 13.2 Å². The number of allylic oxidation sites excluding steroid dienone is 1. The first-order chi connectivity index (χ1) is 11.4. The van der Waals surface area contributed by atoms with Gasteiger partial charge >= 0.3 is 11.9 Å². The van der Waals surface area contributed by atoms with Crippen LogP contribution in [0.4, 0.5) is 0 Å². The molecule has 2 aliphatic rings. The SMILES string of the molecule is C=C(C)C(=O)OCC1=CCCC(CO)=CC2OC(=O)C(=C)C2CC1. The van der Waals surface area contributed by atoms with E-state index >= 15 is 0 Å². The molecule has 0 aromatic rings. The Kier molecular flexibility index (Phi) is 6.15. The van der Waals surface area contributed by atoms with Gasteiger partial charge in [-0.1, -0.05) is 19.2 Å². The Balaban J connectivity index is 2.12. The molecule has 0 amide bonds. The monoisotopic (exact) mass is 332 g/mol. The van der Waals surface area contributed by atoms with E-state index in [0.717, 1.165) is 17.6 Å². The maximum atomic E-state index is 11.8. The van der Waals surface area contributed by atoms with Gasteiger partial charge in [-0.05, 0) is 49.8 Å². The molecule has 1 saturated heterocycles. The van der Waals surface area contributed by atoms with Crippen molar-refractivity contribution in [2.45, 2.75) is 38.7 Å². The summed E-state index contributed by atoms with van der Waals surface area (Å²) in [5.74, 6) is -0.903. The number of fused-ring (bicyclic) bond motifs is 1. The lowest BCUT2D eigenvalue weighted by Gasteiger charge is -2.19. The second-order valence-electron chi connectivity index (χ2n) is 6.28. The molecular formula is C19H24O5. The summed E-state index contributed by atoms with van der Waals surface area (Å²) in [5.41, 5.74) is 2.66. The highest BCUT2D eigenvalue weighted by molar-refractivity contribution is 5.91. The Labute approximate surface area is 142 Å². The molecule has 0 aromatic carbocycles. The van der Waals surface area contributed by atoms with E-state index < -0.39 is 5.97 Å². The van der Waals surface area contributed by atoms with Crippen molar-refractivity contribution in [2.75, 3.05) is 13.2 Å². The molecular weight excluding hydrogens is 308 g/mol. The zero-order valence-corrected chi connectivity index (χ0v) is 14.0. The fourth-order valence-corrected chi connectivity index (χ4v) is 2.88. The number of ether oxygens (including phenoxy) is 2. The van der Waals surface area contributed by atoms with Gasteiger partial charge in [0.1, 0.15) is 12.7 Å². The van der Waals surface area contributed by atoms with Gasteiger partial charge in [-0.25, -0.2) is 9.59 Å². The van der Waals surface area contributed by atoms with Crippen LogP contribution < -0.4 is 0 Å². The Morgan fingerprint density at radius 3 is 2.83 bits per heavy atom. The second-order valence-corrected chi connectivity index (χ2v) is 6.28. The molecule has 2 unspecified atom stereocenters. The first-order valence-electron chi connectivity index (χ1n) is 8.13. The lowest BCUT2D eigenvalue weighted by atomic mass is 9.88. The molecule has 1 fully saturated rings. The molecule has 1 heterocycles. The second kappa shape index (κ2) is 8.11. The predicted molar refractivity (Wildman–Crippen MR) is 90.0 cm³/mol. The fourth-order valence-electron chi connectivity index (χ4n) is 2.88. The third-order valence-electron chi connectivity index (χ3n) is 4.36. The van der Waals surface area contributed by atoms with Crippen molar-refractivity contribution in [3.63, 3.8) is 0 Å². The third kappa shape index (κ3) is 4.45. The van der Waals surface area contributed by atoms with E-state index in [1.54, 1.807) is 6.92 Å². The summed E-state index contributed by atoms with van der Waals surface area (Å²) >= 11 is 0. The number of hydrogen-bond acceptors (Lipinski definition) is 5.